The SMILES string of the molecule is CNN1CCCC[C@H]1c1cnc2ccoc2c1. The van der Waals surface area contributed by atoms with Gasteiger partial charge in [-0.1, -0.05) is 6.42 Å². The Morgan fingerprint density at radius 1 is 1.47 bits per heavy atom. The summed E-state index contributed by atoms with van der Waals surface area (Å²) in [5, 5.41) is 2.29. The third-order valence-corrected chi connectivity index (χ3v) is 3.50. The zero-order valence-electron chi connectivity index (χ0n) is 10.0. The maximum atomic E-state index is 5.42. The van der Waals surface area contributed by atoms with Crippen LogP contribution in [0.5, 0.6) is 0 Å². The van der Waals surface area contributed by atoms with Gasteiger partial charge in [-0.2, -0.15) is 0 Å². The van der Waals surface area contributed by atoms with Gasteiger partial charge in [-0.15, -0.1) is 0 Å². The van der Waals surface area contributed by atoms with Gasteiger partial charge in [0.2, 0.25) is 0 Å². The predicted molar refractivity (Wildman–Crippen MR) is 66.4 cm³/mol. The van der Waals surface area contributed by atoms with Gasteiger partial charge in [0, 0.05) is 18.8 Å². The first kappa shape index (κ1) is 10.7. The molecule has 1 atom stereocenters. The summed E-state index contributed by atoms with van der Waals surface area (Å²) in [4.78, 5) is 4.44. The van der Waals surface area contributed by atoms with Crippen molar-refractivity contribution in [2.45, 2.75) is 25.3 Å². The van der Waals surface area contributed by atoms with Crippen molar-refractivity contribution in [1.82, 2.24) is 15.4 Å². The summed E-state index contributed by atoms with van der Waals surface area (Å²) >= 11 is 0. The number of pyridine rings is 1. The molecule has 0 aliphatic carbocycles. The zero-order chi connectivity index (χ0) is 11.7. The lowest BCUT2D eigenvalue weighted by Crippen LogP contribution is -2.41. The van der Waals surface area contributed by atoms with Crippen molar-refractivity contribution in [3.63, 3.8) is 0 Å². The van der Waals surface area contributed by atoms with E-state index in [4.69, 9.17) is 4.42 Å². The Kier molecular flexibility index (Phi) is 2.82. The lowest BCUT2D eigenvalue weighted by molar-refractivity contribution is 0.0983. The minimum Gasteiger partial charge on any atom is -0.463 e. The van der Waals surface area contributed by atoms with Gasteiger partial charge in [-0.25, -0.2) is 5.01 Å². The van der Waals surface area contributed by atoms with Crippen molar-refractivity contribution in [2.75, 3.05) is 13.6 Å². The van der Waals surface area contributed by atoms with E-state index in [9.17, 15) is 0 Å². The molecular formula is C13H17N3O. The normalized spacial score (nSPS) is 22.1. The number of furan rings is 1. The summed E-state index contributed by atoms with van der Waals surface area (Å²) in [6.07, 6.45) is 7.37. The molecule has 4 nitrogen and oxygen atoms in total. The average molecular weight is 231 g/mol. The molecule has 1 saturated heterocycles. The molecule has 0 spiro atoms. The third kappa shape index (κ3) is 1.94. The van der Waals surface area contributed by atoms with E-state index >= 15 is 0 Å². The first-order valence-electron chi connectivity index (χ1n) is 6.15. The van der Waals surface area contributed by atoms with Crippen LogP contribution in [0.1, 0.15) is 30.9 Å². The van der Waals surface area contributed by atoms with Gasteiger partial charge in [-0.05, 0) is 31.5 Å². The fourth-order valence-corrected chi connectivity index (χ4v) is 2.59. The highest BCUT2D eigenvalue weighted by atomic mass is 16.3. The van der Waals surface area contributed by atoms with Gasteiger partial charge in [0.1, 0.15) is 5.52 Å². The van der Waals surface area contributed by atoms with Gasteiger partial charge in [0.15, 0.2) is 5.58 Å². The van der Waals surface area contributed by atoms with Crippen LogP contribution >= 0.6 is 0 Å². The molecule has 1 aliphatic heterocycles. The van der Waals surface area contributed by atoms with E-state index in [0.717, 1.165) is 17.6 Å². The number of aromatic nitrogens is 1. The second-order valence-corrected chi connectivity index (χ2v) is 4.50. The van der Waals surface area contributed by atoms with Crippen LogP contribution < -0.4 is 5.43 Å². The number of hydrogen-bond donors (Lipinski definition) is 1. The van der Waals surface area contributed by atoms with Crippen LogP contribution in [0.4, 0.5) is 0 Å². The zero-order valence-corrected chi connectivity index (χ0v) is 10.0. The molecule has 17 heavy (non-hydrogen) atoms. The predicted octanol–water partition coefficient (Wildman–Crippen LogP) is 2.49. The molecule has 3 rings (SSSR count). The molecule has 0 radical (unpaired) electrons. The first-order chi connectivity index (χ1) is 8.38. The van der Waals surface area contributed by atoms with Gasteiger partial charge in [0.25, 0.3) is 0 Å². The minimum atomic E-state index is 0.413. The van der Waals surface area contributed by atoms with Crippen molar-refractivity contribution < 1.29 is 4.42 Å². The second kappa shape index (κ2) is 4.47. The van der Waals surface area contributed by atoms with Crippen molar-refractivity contribution >= 4 is 11.1 Å². The van der Waals surface area contributed by atoms with Gasteiger partial charge in [-0.3, -0.25) is 10.4 Å². The first-order valence-corrected chi connectivity index (χ1v) is 6.15. The lowest BCUT2D eigenvalue weighted by atomic mass is 9.98. The molecule has 0 unspecified atom stereocenters. The third-order valence-electron chi connectivity index (χ3n) is 3.50. The standard InChI is InChI=1S/C13H17N3O/c1-14-16-6-3-2-4-12(16)10-8-13-11(15-9-10)5-7-17-13/h5,7-9,12,14H,2-4,6H2,1H3/t12-/m0/s1. The Hall–Kier alpha value is -1.39. The van der Waals surface area contributed by atoms with E-state index < -0.39 is 0 Å². The molecule has 0 bridgehead atoms. The largest absolute Gasteiger partial charge is 0.463 e. The van der Waals surface area contributed by atoms with Crippen LogP contribution in [-0.4, -0.2) is 23.6 Å². The maximum absolute atomic E-state index is 5.42. The maximum Gasteiger partial charge on any atom is 0.152 e. The molecule has 4 heteroatoms. The molecule has 0 amide bonds. The number of nitrogens with zero attached hydrogens (tertiary/aromatic N) is 2. The van der Waals surface area contributed by atoms with Crippen LogP contribution in [-0.2, 0) is 0 Å². The van der Waals surface area contributed by atoms with E-state index in [1.165, 1.54) is 24.8 Å². The summed E-state index contributed by atoms with van der Waals surface area (Å²) in [5.41, 5.74) is 6.32. The molecular weight excluding hydrogens is 214 g/mol. The Bertz CT molecular complexity index is 508. The Balaban J connectivity index is 1.95. The monoisotopic (exact) mass is 231 g/mol. The van der Waals surface area contributed by atoms with Gasteiger partial charge < -0.3 is 4.42 Å². The van der Waals surface area contributed by atoms with E-state index in [1.807, 2.05) is 19.3 Å². The molecule has 1 aliphatic rings. The average Bonchev–Trinajstić information content (AvgIpc) is 2.85. The van der Waals surface area contributed by atoms with Gasteiger partial charge in [0.05, 0.1) is 12.3 Å². The van der Waals surface area contributed by atoms with E-state index in [-0.39, 0.29) is 0 Å². The quantitative estimate of drug-likeness (QED) is 0.862. The van der Waals surface area contributed by atoms with E-state index in [2.05, 4.69) is 21.5 Å². The highest BCUT2D eigenvalue weighted by Crippen LogP contribution is 2.30. The number of hydrazine groups is 1. The number of fused-ring (bicyclic) bond motifs is 1. The van der Waals surface area contributed by atoms with Crippen LogP contribution in [0, 0.1) is 0 Å². The van der Waals surface area contributed by atoms with Gasteiger partial charge >= 0.3 is 0 Å². The summed E-state index contributed by atoms with van der Waals surface area (Å²) in [7, 11) is 1.98. The molecule has 3 heterocycles. The number of hydrogen-bond acceptors (Lipinski definition) is 4. The van der Waals surface area contributed by atoms with Crippen LogP contribution in [0.2, 0.25) is 0 Å². The fraction of sp³-hybridized carbons (Fsp3) is 0.462. The second-order valence-electron chi connectivity index (χ2n) is 4.50. The summed E-state index contributed by atoms with van der Waals surface area (Å²) in [6, 6.07) is 4.43. The molecule has 1 N–H and O–H groups in total. The molecule has 0 saturated carbocycles. The van der Waals surface area contributed by atoms with E-state index in [0.29, 0.717) is 6.04 Å². The highest BCUT2D eigenvalue weighted by Gasteiger charge is 2.23. The number of piperidine rings is 1. The van der Waals surface area contributed by atoms with Crippen molar-refractivity contribution in [3.05, 3.63) is 30.2 Å². The highest BCUT2D eigenvalue weighted by molar-refractivity contribution is 5.72. The van der Waals surface area contributed by atoms with Crippen LogP contribution in [0.15, 0.2) is 29.0 Å². The Morgan fingerprint density at radius 2 is 2.41 bits per heavy atom. The minimum absolute atomic E-state index is 0.413. The molecule has 90 valence electrons. The summed E-state index contributed by atoms with van der Waals surface area (Å²) in [5.74, 6) is 0. The summed E-state index contributed by atoms with van der Waals surface area (Å²) in [6.45, 7) is 1.09. The van der Waals surface area contributed by atoms with Crippen molar-refractivity contribution in [3.8, 4) is 0 Å². The van der Waals surface area contributed by atoms with E-state index in [1.54, 1.807) is 6.26 Å². The lowest BCUT2D eigenvalue weighted by Gasteiger charge is -2.34. The van der Waals surface area contributed by atoms with Crippen LogP contribution in [0.25, 0.3) is 11.1 Å². The van der Waals surface area contributed by atoms with Crippen LogP contribution in [0.3, 0.4) is 0 Å². The van der Waals surface area contributed by atoms with Crippen molar-refractivity contribution in [1.29, 1.82) is 0 Å². The van der Waals surface area contributed by atoms with Crippen molar-refractivity contribution in [2.24, 2.45) is 0 Å². The fourth-order valence-electron chi connectivity index (χ4n) is 2.59. The number of nitrogens with one attached hydrogen (secondary N) is 1. The topological polar surface area (TPSA) is 41.3 Å². The molecule has 0 aromatic carbocycles. The molecule has 2 aromatic heterocycles. The Labute approximate surface area is 101 Å². The molecule has 2 aromatic rings. The molecule has 1 fully saturated rings. The number of rotatable bonds is 2. The summed E-state index contributed by atoms with van der Waals surface area (Å²) < 4.78 is 5.42. The smallest absolute Gasteiger partial charge is 0.152 e. The Morgan fingerprint density at radius 3 is 3.29 bits per heavy atom.